The summed E-state index contributed by atoms with van der Waals surface area (Å²) in [6.45, 7) is 2.48. The summed E-state index contributed by atoms with van der Waals surface area (Å²) >= 11 is 0. The monoisotopic (exact) mass is 225 g/mol. The Hall–Kier alpha value is -1.69. The van der Waals surface area contributed by atoms with Crippen LogP contribution >= 0.6 is 0 Å². The van der Waals surface area contributed by atoms with E-state index in [4.69, 9.17) is 5.11 Å². The average Bonchev–Trinajstić information content (AvgIpc) is 2.24. The van der Waals surface area contributed by atoms with Crippen LogP contribution in [0.5, 0.6) is 0 Å². The molecule has 0 aliphatic rings. The highest BCUT2D eigenvalue weighted by Gasteiger charge is 2.11. The summed E-state index contributed by atoms with van der Waals surface area (Å²) in [6.07, 6.45) is 1.58. The van der Waals surface area contributed by atoms with E-state index >= 15 is 0 Å². The molecular weight excluding hydrogens is 210 g/mol. The summed E-state index contributed by atoms with van der Waals surface area (Å²) in [7, 11) is 0. The van der Waals surface area contributed by atoms with Crippen LogP contribution < -0.4 is 5.32 Å². The Morgan fingerprint density at radius 1 is 1.50 bits per heavy atom. The maximum Gasteiger partial charge on any atom is 0.290 e. The van der Waals surface area contributed by atoms with Crippen LogP contribution in [-0.4, -0.2) is 28.2 Å². The fourth-order valence-electron chi connectivity index (χ4n) is 1.30. The van der Waals surface area contributed by atoms with Crippen LogP contribution in [0, 0.1) is 17.0 Å². The van der Waals surface area contributed by atoms with E-state index < -0.39 is 4.92 Å². The number of nitro groups is 1. The molecule has 6 nitrogen and oxygen atoms in total. The quantitative estimate of drug-likeness (QED) is 0.435. The highest BCUT2D eigenvalue weighted by atomic mass is 16.6. The molecule has 0 aliphatic heterocycles. The number of aromatic nitrogens is 1. The van der Waals surface area contributed by atoms with Crippen molar-refractivity contribution >= 4 is 11.5 Å². The Balaban J connectivity index is 2.56. The Bertz CT molecular complexity index is 368. The number of hydrogen-bond donors (Lipinski definition) is 2. The zero-order valence-corrected chi connectivity index (χ0v) is 9.14. The lowest BCUT2D eigenvalue weighted by Gasteiger charge is -2.05. The van der Waals surface area contributed by atoms with Crippen LogP contribution in [0.4, 0.5) is 11.5 Å². The van der Waals surface area contributed by atoms with E-state index in [1.807, 2.05) is 0 Å². The van der Waals surface area contributed by atoms with Gasteiger partial charge >= 0.3 is 0 Å². The number of nitrogens with one attached hydrogen (secondary N) is 1. The number of aryl methyl sites for hydroxylation is 1. The third-order valence-corrected chi connectivity index (χ3v) is 2.15. The Morgan fingerprint density at radius 2 is 2.25 bits per heavy atom. The zero-order chi connectivity index (χ0) is 12.0. The fourth-order valence-corrected chi connectivity index (χ4v) is 1.30. The van der Waals surface area contributed by atoms with Crippen LogP contribution in [-0.2, 0) is 0 Å². The van der Waals surface area contributed by atoms with Crippen molar-refractivity contribution in [1.82, 2.24) is 4.98 Å². The first-order chi connectivity index (χ1) is 7.65. The number of anilines is 1. The number of pyridine rings is 1. The average molecular weight is 225 g/mol. The first-order valence-electron chi connectivity index (χ1n) is 5.12. The van der Waals surface area contributed by atoms with Gasteiger partial charge in [-0.2, -0.15) is 0 Å². The molecule has 16 heavy (non-hydrogen) atoms. The molecule has 88 valence electrons. The predicted octanol–water partition coefficient (Wildman–Crippen LogP) is 1.48. The van der Waals surface area contributed by atoms with Crippen LogP contribution in [0.2, 0.25) is 0 Å². The van der Waals surface area contributed by atoms with Gasteiger partial charge < -0.3 is 10.4 Å². The topological polar surface area (TPSA) is 88.3 Å². The van der Waals surface area contributed by atoms with Crippen molar-refractivity contribution in [1.29, 1.82) is 0 Å². The van der Waals surface area contributed by atoms with Crippen molar-refractivity contribution in [2.24, 2.45) is 0 Å². The van der Waals surface area contributed by atoms with Gasteiger partial charge in [0.25, 0.3) is 5.69 Å². The van der Waals surface area contributed by atoms with Crippen molar-refractivity contribution in [3.05, 3.63) is 27.9 Å². The van der Waals surface area contributed by atoms with Gasteiger partial charge in [0.2, 0.25) is 0 Å². The lowest BCUT2D eigenvalue weighted by Crippen LogP contribution is -2.05. The third-order valence-electron chi connectivity index (χ3n) is 2.15. The van der Waals surface area contributed by atoms with E-state index in [1.165, 1.54) is 6.07 Å². The van der Waals surface area contributed by atoms with Crippen LogP contribution in [0.1, 0.15) is 18.5 Å². The molecule has 0 unspecified atom stereocenters. The lowest BCUT2D eigenvalue weighted by molar-refractivity contribution is -0.385. The summed E-state index contributed by atoms with van der Waals surface area (Å²) in [6, 6.07) is 3.03. The van der Waals surface area contributed by atoms with E-state index in [9.17, 15) is 10.1 Å². The summed E-state index contributed by atoms with van der Waals surface area (Å²) < 4.78 is 0. The maximum atomic E-state index is 10.5. The number of nitrogens with zero attached hydrogens (tertiary/aromatic N) is 2. The van der Waals surface area contributed by atoms with Gasteiger partial charge in [-0.05, 0) is 25.8 Å². The summed E-state index contributed by atoms with van der Waals surface area (Å²) in [5.74, 6) is 0.626. The number of unbranched alkanes of at least 4 members (excludes halogenated alkanes) is 1. The molecule has 1 rings (SSSR count). The molecule has 1 aromatic rings. The van der Waals surface area contributed by atoms with Crippen LogP contribution in [0.25, 0.3) is 0 Å². The van der Waals surface area contributed by atoms with Gasteiger partial charge in [0, 0.05) is 19.2 Å². The molecule has 1 aromatic heterocycles. The van der Waals surface area contributed by atoms with Gasteiger partial charge in [-0.3, -0.25) is 10.1 Å². The van der Waals surface area contributed by atoms with Gasteiger partial charge in [-0.1, -0.05) is 0 Å². The summed E-state index contributed by atoms with van der Waals surface area (Å²) in [5, 5.41) is 22.2. The molecule has 0 spiro atoms. The van der Waals surface area contributed by atoms with Crippen LogP contribution in [0.15, 0.2) is 12.1 Å². The first-order valence-corrected chi connectivity index (χ1v) is 5.12. The standard InChI is InChI=1S/C10H15N3O3/c1-8-9(13(15)16)4-5-10(12-8)11-6-2-3-7-14/h4-5,14H,2-3,6-7H2,1H3,(H,11,12). The van der Waals surface area contributed by atoms with Gasteiger partial charge in [0.05, 0.1) is 4.92 Å². The Morgan fingerprint density at radius 3 is 2.81 bits per heavy atom. The Labute approximate surface area is 93.5 Å². The second-order valence-electron chi connectivity index (χ2n) is 3.42. The van der Waals surface area contributed by atoms with Gasteiger partial charge in [0.15, 0.2) is 0 Å². The van der Waals surface area contributed by atoms with Crippen LogP contribution in [0.3, 0.4) is 0 Å². The third kappa shape index (κ3) is 3.47. The fraction of sp³-hybridized carbons (Fsp3) is 0.500. The molecule has 0 bridgehead atoms. The molecule has 1 heterocycles. The normalized spacial score (nSPS) is 10.1. The van der Waals surface area contributed by atoms with Gasteiger partial charge in [-0.15, -0.1) is 0 Å². The first kappa shape index (κ1) is 12.4. The maximum absolute atomic E-state index is 10.5. The molecule has 6 heteroatoms. The van der Waals surface area contributed by atoms with Crippen molar-refractivity contribution in [2.75, 3.05) is 18.5 Å². The van der Waals surface area contributed by atoms with Crippen molar-refractivity contribution in [2.45, 2.75) is 19.8 Å². The SMILES string of the molecule is Cc1nc(NCCCCO)ccc1[N+](=O)[O-]. The number of aliphatic hydroxyl groups excluding tert-OH is 1. The van der Waals surface area contributed by atoms with E-state index in [0.717, 1.165) is 12.8 Å². The molecule has 0 radical (unpaired) electrons. The second-order valence-corrected chi connectivity index (χ2v) is 3.42. The number of hydrogen-bond acceptors (Lipinski definition) is 5. The highest BCUT2D eigenvalue weighted by molar-refractivity contribution is 5.44. The van der Waals surface area contributed by atoms with Crippen molar-refractivity contribution in [3.63, 3.8) is 0 Å². The molecule has 0 atom stereocenters. The van der Waals surface area contributed by atoms with Crippen molar-refractivity contribution in [3.8, 4) is 0 Å². The molecule has 0 aromatic carbocycles. The molecule has 0 amide bonds. The number of rotatable bonds is 6. The largest absolute Gasteiger partial charge is 0.396 e. The van der Waals surface area contributed by atoms with Crippen molar-refractivity contribution < 1.29 is 10.0 Å². The second kappa shape index (κ2) is 6.02. The highest BCUT2D eigenvalue weighted by Crippen LogP contribution is 2.17. The zero-order valence-electron chi connectivity index (χ0n) is 9.14. The van der Waals surface area contributed by atoms with E-state index in [1.54, 1.807) is 13.0 Å². The molecule has 2 N–H and O–H groups in total. The van der Waals surface area contributed by atoms with E-state index in [-0.39, 0.29) is 12.3 Å². The summed E-state index contributed by atoms with van der Waals surface area (Å²) in [5.41, 5.74) is 0.429. The minimum atomic E-state index is -0.447. The van der Waals surface area contributed by atoms with E-state index in [0.29, 0.717) is 18.1 Å². The Kier molecular flexibility index (Phi) is 4.65. The molecule has 0 fully saturated rings. The van der Waals surface area contributed by atoms with Gasteiger partial charge in [0.1, 0.15) is 11.5 Å². The summed E-state index contributed by atoms with van der Waals surface area (Å²) in [4.78, 5) is 14.2. The molecular formula is C10H15N3O3. The van der Waals surface area contributed by atoms with E-state index in [2.05, 4.69) is 10.3 Å². The molecule has 0 saturated carbocycles. The smallest absolute Gasteiger partial charge is 0.290 e. The minimum absolute atomic E-state index is 0.0286. The van der Waals surface area contributed by atoms with Gasteiger partial charge in [-0.25, -0.2) is 4.98 Å². The molecule has 0 saturated heterocycles. The molecule has 0 aliphatic carbocycles. The lowest BCUT2D eigenvalue weighted by atomic mass is 10.3. The minimum Gasteiger partial charge on any atom is -0.396 e. The number of aliphatic hydroxyl groups is 1. The predicted molar refractivity (Wildman–Crippen MR) is 60.4 cm³/mol.